The van der Waals surface area contributed by atoms with Crippen LogP contribution in [0.1, 0.15) is 4.88 Å². The van der Waals surface area contributed by atoms with Crippen LogP contribution in [-0.2, 0) is 16.6 Å². The van der Waals surface area contributed by atoms with Crippen molar-refractivity contribution < 1.29 is 8.42 Å². The molecule has 19 heavy (non-hydrogen) atoms. The number of hydrogen-bond acceptors (Lipinski definition) is 4. The zero-order valence-corrected chi connectivity index (χ0v) is 13.5. The third-order valence-corrected chi connectivity index (χ3v) is 6.57. The van der Waals surface area contributed by atoms with E-state index >= 15 is 0 Å². The predicted molar refractivity (Wildman–Crippen MR) is 80.7 cm³/mol. The van der Waals surface area contributed by atoms with Crippen LogP contribution < -0.4 is 0 Å². The molecule has 1 aromatic heterocycles. The Hall–Kier alpha value is 0.150. The molecule has 0 amide bonds. The molecule has 4 nitrogen and oxygen atoms in total. The molecule has 0 saturated carbocycles. The first-order chi connectivity index (χ1) is 9.01. The zero-order chi connectivity index (χ0) is 13.9. The number of alkyl halides is 1. The minimum absolute atomic E-state index is 0.0229. The summed E-state index contributed by atoms with van der Waals surface area (Å²) in [5.41, 5.74) is 0. The Balaban J connectivity index is 1.86. The first-order valence-electron chi connectivity index (χ1n) is 6.01. The fourth-order valence-electron chi connectivity index (χ4n) is 2.05. The van der Waals surface area contributed by atoms with Crippen molar-refractivity contribution in [2.24, 2.45) is 0 Å². The molecule has 8 heteroatoms. The summed E-state index contributed by atoms with van der Waals surface area (Å²) in [5.74, 6) is 0.172. The van der Waals surface area contributed by atoms with Crippen molar-refractivity contribution in [1.82, 2.24) is 9.21 Å². The van der Waals surface area contributed by atoms with E-state index in [4.69, 9.17) is 23.2 Å². The summed E-state index contributed by atoms with van der Waals surface area (Å²) < 4.78 is 26.0. The molecule has 0 N–H and O–H groups in total. The predicted octanol–water partition coefficient (Wildman–Crippen LogP) is 2.09. The molecule has 1 aliphatic rings. The maximum atomic E-state index is 11.9. The second kappa shape index (κ2) is 6.74. The smallest absolute Gasteiger partial charge is 0.215 e. The van der Waals surface area contributed by atoms with Crippen molar-refractivity contribution >= 4 is 44.6 Å². The molecular formula is C11H16Cl2N2O2S2. The van der Waals surface area contributed by atoms with Crippen LogP contribution in [-0.4, -0.2) is 55.4 Å². The Morgan fingerprint density at radius 2 is 1.89 bits per heavy atom. The van der Waals surface area contributed by atoms with Crippen molar-refractivity contribution in [2.45, 2.75) is 6.54 Å². The highest BCUT2D eigenvalue weighted by Gasteiger charge is 2.26. The lowest BCUT2D eigenvalue weighted by molar-refractivity contribution is 0.183. The molecule has 1 aromatic rings. The second-order valence-electron chi connectivity index (χ2n) is 4.39. The first kappa shape index (κ1) is 15.5. The molecule has 0 aliphatic carbocycles. The highest BCUT2D eigenvalue weighted by Crippen LogP contribution is 2.23. The molecule has 1 saturated heterocycles. The van der Waals surface area contributed by atoms with E-state index in [-0.39, 0.29) is 11.6 Å². The van der Waals surface area contributed by atoms with Crippen LogP contribution in [0.15, 0.2) is 12.1 Å². The lowest BCUT2D eigenvalue weighted by Crippen LogP contribution is -2.48. The number of piperazine rings is 1. The summed E-state index contributed by atoms with van der Waals surface area (Å²) >= 11 is 13.0. The normalized spacial score (nSPS) is 18.8. The topological polar surface area (TPSA) is 40.6 Å². The highest BCUT2D eigenvalue weighted by atomic mass is 35.5. The number of hydrogen-bond donors (Lipinski definition) is 0. The highest BCUT2D eigenvalue weighted by molar-refractivity contribution is 7.89. The molecule has 1 fully saturated rings. The Labute approximate surface area is 128 Å². The summed E-state index contributed by atoms with van der Waals surface area (Å²) in [6.07, 6.45) is 0. The third kappa shape index (κ3) is 4.31. The molecule has 0 spiro atoms. The van der Waals surface area contributed by atoms with E-state index in [1.165, 1.54) is 9.18 Å². The SMILES string of the molecule is O=S(=O)(CCCl)N1CCN(Cc2ccc(Cl)s2)CC1. The number of rotatable bonds is 5. The van der Waals surface area contributed by atoms with Gasteiger partial charge in [0, 0.05) is 43.5 Å². The van der Waals surface area contributed by atoms with Gasteiger partial charge in [-0.3, -0.25) is 4.90 Å². The Morgan fingerprint density at radius 1 is 1.21 bits per heavy atom. The van der Waals surface area contributed by atoms with Gasteiger partial charge in [0.05, 0.1) is 10.1 Å². The van der Waals surface area contributed by atoms with Gasteiger partial charge < -0.3 is 0 Å². The summed E-state index contributed by atoms with van der Waals surface area (Å²) in [7, 11) is -3.17. The van der Waals surface area contributed by atoms with Gasteiger partial charge in [0.25, 0.3) is 0 Å². The van der Waals surface area contributed by atoms with Crippen molar-refractivity contribution in [3.05, 3.63) is 21.3 Å². The van der Waals surface area contributed by atoms with Crippen molar-refractivity contribution in [1.29, 1.82) is 0 Å². The average Bonchev–Trinajstić information content (AvgIpc) is 2.75. The lowest BCUT2D eigenvalue weighted by atomic mass is 10.3. The van der Waals surface area contributed by atoms with Crippen molar-refractivity contribution in [3.8, 4) is 0 Å². The minimum atomic E-state index is -3.17. The quantitative estimate of drug-likeness (QED) is 0.769. The molecule has 2 heterocycles. The first-order valence-corrected chi connectivity index (χ1v) is 9.35. The van der Waals surface area contributed by atoms with E-state index in [0.717, 1.165) is 24.0 Å². The number of thiophene rings is 1. The minimum Gasteiger partial charge on any atom is -0.296 e. The van der Waals surface area contributed by atoms with Crippen LogP contribution in [0.2, 0.25) is 4.34 Å². The second-order valence-corrected chi connectivity index (χ2v) is 8.65. The van der Waals surface area contributed by atoms with Gasteiger partial charge in [-0.05, 0) is 12.1 Å². The van der Waals surface area contributed by atoms with Crippen LogP contribution in [0.3, 0.4) is 0 Å². The zero-order valence-electron chi connectivity index (χ0n) is 10.4. The monoisotopic (exact) mass is 342 g/mol. The number of nitrogens with zero attached hydrogens (tertiary/aromatic N) is 2. The van der Waals surface area contributed by atoms with Gasteiger partial charge in [-0.25, -0.2) is 8.42 Å². The Kier molecular flexibility index (Phi) is 5.51. The lowest BCUT2D eigenvalue weighted by Gasteiger charge is -2.33. The Bertz CT molecular complexity index is 511. The van der Waals surface area contributed by atoms with Crippen LogP contribution in [0, 0.1) is 0 Å². The molecule has 1 aliphatic heterocycles. The maximum Gasteiger partial charge on any atom is 0.215 e. The van der Waals surface area contributed by atoms with Crippen molar-refractivity contribution in [2.75, 3.05) is 37.8 Å². The van der Waals surface area contributed by atoms with Crippen molar-refractivity contribution in [3.63, 3.8) is 0 Å². The molecule has 0 atom stereocenters. The summed E-state index contributed by atoms with van der Waals surface area (Å²) in [6.45, 7) is 3.41. The van der Waals surface area contributed by atoms with Gasteiger partial charge in [0.1, 0.15) is 0 Å². The molecule has 0 radical (unpaired) electrons. The van der Waals surface area contributed by atoms with Gasteiger partial charge in [0.2, 0.25) is 10.0 Å². The Morgan fingerprint density at radius 3 is 2.42 bits per heavy atom. The summed E-state index contributed by atoms with van der Waals surface area (Å²) in [4.78, 5) is 3.46. The maximum absolute atomic E-state index is 11.9. The van der Waals surface area contributed by atoms with E-state index in [0.29, 0.717) is 13.1 Å². The molecule has 0 aromatic carbocycles. The van der Waals surface area contributed by atoms with Gasteiger partial charge >= 0.3 is 0 Å². The van der Waals surface area contributed by atoms with Gasteiger partial charge in [-0.15, -0.1) is 22.9 Å². The number of sulfonamides is 1. The standard InChI is InChI=1S/C11H16Cl2N2O2S2/c12-3-8-19(16,17)15-6-4-14(5-7-15)9-10-1-2-11(13)18-10/h1-2H,3-9H2. The van der Waals surface area contributed by atoms with E-state index in [9.17, 15) is 8.42 Å². The largest absolute Gasteiger partial charge is 0.296 e. The van der Waals surface area contributed by atoms with E-state index in [2.05, 4.69) is 4.90 Å². The third-order valence-electron chi connectivity index (χ3n) is 3.07. The average molecular weight is 343 g/mol. The summed E-state index contributed by atoms with van der Waals surface area (Å²) in [5, 5.41) is 0. The van der Waals surface area contributed by atoms with Crippen LogP contribution >= 0.6 is 34.5 Å². The van der Waals surface area contributed by atoms with Crippen LogP contribution in [0.5, 0.6) is 0 Å². The fraction of sp³-hybridized carbons (Fsp3) is 0.636. The molecule has 0 bridgehead atoms. The van der Waals surface area contributed by atoms with Gasteiger partial charge in [-0.1, -0.05) is 11.6 Å². The van der Waals surface area contributed by atoms with E-state index < -0.39 is 10.0 Å². The van der Waals surface area contributed by atoms with E-state index in [1.54, 1.807) is 11.3 Å². The fourth-order valence-corrected chi connectivity index (χ4v) is 4.94. The van der Waals surface area contributed by atoms with E-state index in [1.807, 2.05) is 12.1 Å². The molecule has 0 unspecified atom stereocenters. The molecular weight excluding hydrogens is 327 g/mol. The van der Waals surface area contributed by atoms with Gasteiger partial charge in [0.15, 0.2) is 0 Å². The number of halogens is 2. The van der Waals surface area contributed by atoms with Gasteiger partial charge in [-0.2, -0.15) is 4.31 Å². The van der Waals surface area contributed by atoms with Crippen LogP contribution in [0.4, 0.5) is 0 Å². The molecule has 2 rings (SSSR count). The summed E-state index contributed by atoms with van der Waals surface area (Å²) in [6, 6.07) is 3.91. The van der Waals surface area contributed by atoms with Crippen LogP contribution in [0.25, 0.3) is 0 Å². The molecule has 108 valence electrons.